The van der Waals surface area contributed by atoms with Crippen LogP contribution in [-0.4, -0.2) is 28.2 Å². The zero-order valence-electron chi connectivity index (χ0n) is 9.82. The van der Waals surface area contributed by atoms with Gasteiger partial charge in [0.15, 0.2) is 0 Å². The van der Waals surface area contributed by atoms with E-state index in [-0.39, 0.29) is 6.10 Å². The predicted octanol–water partition coefficient (Wildman–Crippen LogP) is 2.10. The van der Waals surface area contributed by atoms with Crippen molar-refractivity contribution in [2.24, 2.45) is 0 Å². The van der Waals surface area contributed by atoms with Crippen LogP contribution in [0.25, 0.3) is 0 Å². The highest BCUT2D eigenvalue weighted by Gasteiger charge is 2.34. The highest BCUT2D eigenvalue weighted by molar-refractivity contribution is 6.30. The van der Waals surface area contributed by atoms with Crippen molar-refractivity contribution in [2.45, 2.75) is 50.8 Å². The van der Waals surface area contributed by atoms with Crippen molar-refractivity contribution < 1.29 is 4.74 Å². The fraction of sp³-hybridized carbons (Fsp3) is 0.667. The van der Waals surface area contributed by atoms with Crippen LogP contribution >= 0.6 is 11.6 Å². The molecule has 5 heteroatoms. The van der Waals surface area contributed by atoms with Crippen LogP contribution < -0.4 is 10.1 Å². The molecule has 0 saturated carbocycles. The Morgan fingerprint density at radius 1 is 1.29 bits per heavy atom. The average Bonchev–Trinajstić information content (AvgIpc) is 2.65. The third-order valence-electron chi connectivity index (χ3n) is 3.68. The minimum atomic E-state index is 0.262. The van der Waals surface area contributed by atoms with E-state index in [0.717, 1.165) is 18.4 Å². The topological polar surface area (TPSA) is 47.0 Å². The van der Waals surface area contributed by atoms with Crippen LogP contribution in [0.2, 0.25) is 5.15 Å². The van der Waals surface area contributed by atoms with Crippen LogP contribution in [0.5, 0.6) is 5.88 Å². The molecule has 2 fully saturated rings. The smallest absolute Gasteiger partial charge is 0.221 e. The number of fused-ring (bicyclic) bond motifs is 2. The van der Waals surface area contributed by atoms with E-state index in [2.05, 4.69) is 15.3 Å². The van der Waals surface area contributed by atoms with E-state index in [4.69, 9.17) is 16.3 Å². The first kappa shape index (κ1) is 11.2. The predicted molar refractivity (Wildman–Crippen MR) is 65.4 cm³/mol. The van der Waals surface area contributed by atoms with Gasteiger partial charge >= 0.3 is 0 Å². The fourth-order valence-corrected chi connectivity index (χ4v) is 2.92. The van der Waals surface area contributed by atoms with Crippen molar-refractivity contribution in [3.8, 4) is 5.88 Å². The Balaban J connectivity index is 1.72. The lowest BCUT2D eigenvalue weighted by Gasteiger charge is -2.29. The SMILES string of the molecule is Cc1c(Cl)ncnc1OC1CC2CCC(C1)N2. The van der Waals surface area contributed by atoms with Crippen molar-refractivity contribution in [3.05, 3.63) is 17.0 Å². The molecule has 0 aromatic carbocycles. The first-order chi connectivity index (χ1) is 8.22. The Bertz CT molecular complexity index is 414. The van der Waals surface area contributed by atoms with Gasteiger partial charge in [-0.2, -0.15) is 0 Å². The third kappa shape index (κ3) is 2.24. The molecule has 0 spiro atoms. The summed E-state index contributed by atoms with van der Waals surface area (Å²) in [6.45, 7) is 1.90. The van der Waals surface area contributed by atoms with Gasteiger partial charge in [0.25, 0.3) is 0 Å². The van der Waals surface area contributed by atoms with Crippen LogP contribution in [0.3, 0.4) is 0 Å². The van der Waals surface area contributed by atoms with E-state index in [0.29, 0.717) is 23.1 Å². The lowest BCUT2D eigenvalue weighted by Crippen LogP contribution is -2.42. The third-order valence-corrected chi connectivity index (χ3v) is 4.07. The number of nitrogens with zero attached hydrogens (tertiary/aromatic N) is 2. The second-order valence-corrected chi connectivity index (χ2v) is 5.30. The molecule has 3 heterocycles. The summed E-state index contributed by atoms with van der Waals surface area (Å²) in [6.07, 6.45) is 6.40. The average molecular weight is 254 g/mol. The Labute approximate surface area is 106 Å². The monoisotopic (exact) mass is 253 g/mol. The van der Waals surface area contributed by atoms with E-state index in [1.807, 2.05) is 6.92 Å². The normalized spacial score (nSPS) is 31.5. The molecular formula is C12H16ClN3O. The molecule has 1 N–H and O–H groups in total. The Morgan fingerprint density at radius 2 is 2.00 bits per heavy atom. The van der Waals surface area contributed by atoms with Crippen molar-refractivity contribution >= 4 is 11.6 Å². The van der Waals surface area contributed by atoms with Gasteiger partial charge < -0.3 is 10.1 Å². The van der Waals surface area contributed by atoms with E-state index in [1.165, 1.54) is 19.2 Å². The standard InChI is InChI=1S/C12H16ClN3O/c1-7-11(13)14-6-15-12(7)17-10-4-8-2-3-9(5-10)16-8/h6,8-10,16H,2-5H2,1H3. The largest absolute Gasteiger partial charge is 0.474 e. The second kappa shape index (κ2) is 4.42. The molecule has 92 valence electrons. The summed E-state index contributed by atoms with van der Waals surface area (Å²) in [5, 5.41) is 4.07. The zero-order chi connectivity index (χ0) is 11.8. The first-order valence-electron chi connectivity index (χ1n) is 6.12. The number of nitrogens with one attached hydrogen (secondary N) is 1. The fourth-order valence-electron chi connectivity index (χ4n) is 2.79. The van der Waals surface area contributed by atoms with E-state index >= 15 is 0 Å². The molecule has 0 aliphatic carbocycles. The van der Waals surface area contributed by atoms with Gasteiger partial charge in [0, 0.05) is 17.6 Å². The highest BCUT2D eigenvalue weighted by Crippen LogP contribution is 2.30. The zero-order valence-corrected chi connectivity index (χ0v) is 10.6. The van der Waals surface area contributed by atoms with Gasteiger partial charge in [-0.15, -0.1) is 0 Å². The van der Waals surface area contributed by atoms with E-state index < -0.39 is 0 Å². The molecule has 1 aromatic heterocycles. The molecule has 2 aliphatic rings. The highest BCUT2D eigenvalue weighted by atomic mass is 35.5. The molecular weight excluding hydrogens is 238 g/mol. The molecule has 2 aliphatic heterocycles. The molecule has 1 aromatic rings. The summed E-state index contributed by atoms with van der Waals surface area (Å²) in [5.74, 6) is 0.635. The number of rotatable bonds is 2. The van der Waals surface area contributed by atoms with Crippen LogP contribution in [-0.2, 0) is 0 Å². The van der Waals surface area contributed by atoms with Crippen LogP contribution in [0.4, 0.5) is 0 Å². The van der Waals surface area contributed by atoms with Gasteiger partial charge in [0.1, 0.15) is 17.6 Å². The lowest BCUT2D eigenvalue weighted by molar-refractivity contribution is 0.130. The van der Waals surface area contributed by atoms with Crippen LogP contribution in [0, 0.1) is 6.92 Å². The number of ether oxygens (including phenoxy) is 1. The Morgan fingerprint density at radius 3 is 2.71 bits per heavy atom. The van der Waals surface area contributed by atoms with Gasteiger partial charge in [-0.1, -0.05) is 11.6 Å². The summed E-state index contributed by atoms with van der Waals surface area (Å²) in [6, 6.07) is 1.24. The molecule has 4 nitrogen and oxygen atoms in total. The van der Waals surface area contributed by atoms with Gasteiger partial charge in [-0.25, -0.2) is 9.97 Å². The van der Waals surface area contributed by atoms with Crippen LogP contribution in [0.15, 0.2) is 6.33 Å². The summed E-state index contributed by atoms with van der Waals surface area (Å²) in [5.41, 5.74) is 0.833. The molecule has 3 rings (SSSR count). The number of halogens is 1. The summed E-state index contributed by atoms with van der Waals surface area (Å²) in [4.78, 5) is 8.10. The molecule has 0 amide bonds. The van der Waals surface area contributed by atoms with Gasteiger partial charge in [-0.05, 0) is 32.6 Å². The maximum atomic E-state index is 5.97. The quantitative estimate of drug-likeness (QED) is 0.820. The summed E-state index contributed by atoms with van der Waals surface area (Å²) >= 11 is 5.96. The number of piperidine rings is 1. The molecule has 2 saturated heterocycles. The van der Waals surface area contributed by atoms with Crippen LogP contribution in [0.1, 0.15) is 31.2 Å². The summed E-state index contributed by atoms with van der Waals surface area (Å²) in [7, 11) is 0. The molecule has 2 atom stereocenters. The number of hydrogen-bond acceptors (Lipinski definition) is 4. The minimum absolute atomic E-state index is 0.262. The van der Waals surface area contributed by atoms with Crippen molar-refractivity contribution in [1.29, 1.82) is 0 Å². The lowest BCUT2D eigenvalue weighted by atomic mass is 10.0. The molecule has 2 unspecified atom stereocenters. The number of aromatic nitrogens is 2. The molecule has 2 bridgehead atoms. The molecule has 0 radical (unpaired) electrons. The van der Waals surface area contributed by atoms with Gasteiger partial charge in [-0.3, -0.25) is 0 Å². The van der Waals surface area contributed by atoms with Crippen molar-refractivity contribution in [3.63, 3.8) is 0 Å². The van der Waals surface area contributed by atoms with E-state index in [9.17, 15) is 0 Å². The Hall–Kier alpha value is -0.870. The number of hydrogen-bond donors (Lipinski definition) is 1. The minimum Gasteiger partial charge on any atom is -0.474 e. The maximum absolute atomic E-state index is 5.97. The maximum Gasteiger partial charge on any atom is 0.221 e. The van der Waals surface area contributed by atoms with Crippen molar-refractivity contribution in [1.82, 2.24) is 15.3 Å². The molecule has 17 heavy (non-hydrogen) atoms. The Kier molecular flexibility index (Phi) is 2.92. The summed E-state index contributed by atoms with van der Waals surface area (Å²) < 4.78 is 5.97. The second-order valence-electron chi connectivity index (χ2n) is 4.94. The van der Waals surface area contributed by atoms with Crippen molar-refractivity contribution in [2.75, 3.05) is 0 Å². The van der Waals surface area contributed by atoms with Gasteiger partial charge in [0.05, 0.1) is 0 Å². The van der Waals surface area contributed by atoms with Gasteiger partial charge in [0.2, 0.25) is 5.88 Å². The first-order valence-corrected chi connectivity index (χ1v) is 6.50. The van der Waals surface area contributed by atoms with E-state index in [1.54, 1.807) is 0 Å².